The fraction of sp³-hybridized carbons (Fsp3) is 0.211. The van der Waals surface area contributed by atoms with Gasteiger partial charge in [0.1, 0.15) is 18.1 Å². The quantitative estimate of drug-likeness (QED) is 0.483. The fourth-order valence-electron chi connectivity index (χ4n) is 2.37. The zero-order valence-electron chi connectivity index (χ0n) is 16.2. The number of hydrogen-bond acceptors (Lipinski definition) is 8. The molecule has 0 aliphatic carbocycles. The van der Waals surface area contributed by atoms with Crippen LogP contribution in [0.4, 0.5) is 5.13 Å². The zero-order valence-corrected chi connectivity index (χ0v) is 17.9. The minimum absolute atomic E-state index is 0.0892. The highest BCUT2D eigenvalue weighted by Gasteiger charge is 2.23. The van der Waals surface area contributed by atoms with Gasteiger partial charge in [-0.05, 0) is 43.3 Å². The van der Waals surface area contributed by atoms with Crippen LogP contribution in [0.15, 0.2) is 58.9 Å². The van der Waals surface area contributed by atoms with Crippen LogP contribution in [0.2, 0.25) is 0 Å². The van der Waals surface area contributed by atoms with E-state index in [9.17, 15) is 13.2 Å². The Morgan fingerprint density at radius 3 is 2.40 bits per heavy atom. The summed E-state index contributed by atoms with van der Waals surface area (Å²) < 4.78 is 37.9. The van der Waals surface area contributed by atoms with E-state index >= 15 is 0 Å². The molecular weight excluding hydrogens is 428 g/mol. The third-order valence-electron chi connectivity index (χ3n) is 3.81. The van der Waals surface area contributed by atoms with E-state index in [-0.39, 0.29) is 16.1 Å². The van der Waals surface area contributed by atoms with E-state index in [2.05, 4.69) is 20.2 Å². The molecule has 1 atom stereocenters. The summed E-state index contributed by atoms with van der Waals surface area (Å²) in [6, 6.07) is 14.9. The molecular formula is C19H20N4O5S2. The first-order valence-electron chi connectivity index (χ1n) is 8.86. The van der Waals surface area contributed by atoms with E-state index in [0.717, 1.165) is 11.3 Å². The van der Waals surface area contributed by atoms with Crippen molar-refractivity contribution in [3.8, 4) is 11.5 Å². The maximum Gasteiger partial charge on any atom is 0.270 e. The van der Waals surface area contributed by atoms with Crippen molar-refractivity contribution in [1.29, 1.82) is 0 Å². The van der Waals surface area contributed by atoms with Crippen LogP contribution in [0, 0.1) is 0 Å². The molecule has 1 aromatic heterocycles. The van der Waals surface area contributed by atoms with Crippen LogP contribution >= 0.6 is 11.3 Å². The van der Waals surface area contributed by atoms with Crippen LogP contribution < -0.4 is 19.5 Å². The van der Waals surface area contributed by atoms with Gasteiger partial charge in [-0.2, -0.15) is 0 Å². The lowest BCUT2D eigenvalue weighted by molar-refractivity contribution is 0.102. The number of methoxy groups -OCH3 is 1. The van der Waals surface area contributed by atoms with Crippen LogP contribution in [0.5, 0.6) is 11.5 Å². The maximum absolute atomic E-state index is 12.5. The molecule has 3 rings (SSSR count). The van der Waals surface area contributed by atoms with Crippen LogP contribution in [0.1, 0.15) is 17.3 Å². The number of sulfonamides is 1. The van der Waals surface area contributed by atoms with E-state index < -0.39 is 22.0 Å². The Balaban J connectivity index is 1.56. The number of amides is 1. The van der Waals surface area contributed by atoms with E-state index in [1.54, 1.807) is 68.6 Å². The molecule has 0 saturated heterocycles. The zero-order chi connectivity index (χ0) is 21.6. The van der Waals surface area contributed by atoms with Crippen molar-refractivity contribution >= 4 is 32.4 Å². The molecule has 30 heavy (non-hydrogen) atoms. The molecule has 0 unspecified atom stereocenters. The van der Waals surface area contributed by atoms with Crippen LogP contribution in [-0.4, -0.2) is 44.3 Å². The number of nitrogens with zero attached hydrogens (tertiary/aromatic N) is 2. The molecule has 0 aliphatic heterocycles. The van der Waals surface area contributed by atoms with E-state index in [1.165, 1.54) is 0 Å². The second kappa shape index (κ2) is 9.65. The smallest absolute Gasteiger partial charge is 0.270 e. The largest absolute Gasteiger partial charge is 0.497 e. The van der Waals surface area contributed by atoms with Crippen molar-refractivity contribution < 1.29 is 22.7 Å². The van der Waals surface area contributed by atoms with Gasteiger partial charge in [-0.15, -0.1) is 10.2 Å². The summed E-state index contributed by atoms with van der Waals surface area (Å²) >= 11 is 0.764. The molecule has 2 aromatic carbocycles. The second-order valence-corrected chi connectivity index (χ2v) is 9.07. The molecule has 0 radical (unpaired) electrons. The first kappa shape index (κ1) is 21.7. The predicted octanol–water partition coefficient (Wildman–Crippen LogP) is 2.54. The van der Waals surface area contributed by atoms with Crippen LogP contribution in [0.3, 0.4) is 0 Å². The van der Waals surface area contributed by atoms with Gasteiger partial charge in [0.05, 0.1) is 13.2 Å². The van der Waals surface area contributed by atoms with Crippen molar-refractivity contribution in [3.63, 3.8) is 0 Å². The Hall–Kier alpha value is -3.02. The molecule has 0 saturated carbocycles. The topological polar surface area (TPSA) is 120 Å². The number of ether oxygens (including phenoxy) is 2. The predicted molar refractivity (Wildman–Crippen MR) is 113 cm³/mol. The van der Waals surface area contributed by atoms with E-state index in [0.29, 0.717) is 17.1 Å². The van der Waals surface area contributed by atoms with Gasteiger partial charge in [0.25, 0.3) is 15.9 Å². The van der Waals surface area contributed by atoms with E-state index in [4.69, 9.17) is 9.47 Å². The summed E-state index contributed by atoms with van der Waals surface area (Å²) in [5.74, 6) is 0.885. The molecule has 158 valence electrons. The third kappa shape index (κ3) is 5.75. The first-order chi connectivity index (χ1) is 14.4. The lowest BCUT2D eigenvalue weighted by Gasteiger charge is -2.14. The molecule has 0 bridgehead atoms. The Labute approximate surface area is 178 Å². The second-order valence-electron chi connectivity index (χ2n) is 6.20. The van der Waals surface area contributed by atoms with Gasteiger partial charge >= 0.3 is 0 Å². The Morgan fingerprint density at radius 1 is 1.07 bits per heavy atom. The lowest BCUT2D eigenvalue weighted by atomic mass is 10.2. The number of rotatable bonds is 9. The standard InChI is InChI=1S/C19H20N4O5S2/c1-13(12-28-16-10-8-15(27-2)9-11-16)23-30(25,26)19-22-21-18(29-19)20-17(24)14-6-4-3-5-7-14/h3-11,13,23H,12H2,1-2H3,(H,20,21,24)/t13-/m0/s1. The number of anilines is 1. The third-order valence-corrected chi connectivity index (χ3v) is 6.60. The summed E-state index contributed by atoms with van der Waals surface area (Å²) in [6.07, 6.45) is 0. The van der Waals surface area contributed by atoms with Crippen molar-refractivity contribution in [2.24, 2.45) is 0 Å². The fourth-order valence-corrected chi connectivity index (χ4v) is 4.51. The van der Waals surface area contributed by atoms with Crippen molar-refractivity contribution in [2.45, 2.75) is 17.3 Å². The summed E-state index contributed by atoms with van der Waals surface area (Å²) in [5.41, 5.74) is 0.430. The molecule has 3 aromatic rings. The van der Waals surface area contributed by atoms with Gasteiger partial charge in [0.15, 0.2) is 0 Å². The van der Waals surface area contributed by atoms with Gasteiger partial charge in [-0.25, -0.2) is 13.1 Å². The summed E-state index contributed by atoms with van der Waals surface area (Å²) in [6.45, 7) is 1.78. The van der Waals surface area contributed by atoms with Gasteiger partial charge < -0.3 is 9.47 Å². The summed E-state index contributed by atoms with van der Waals surface area (Å²) in [5, 5.41) is 10.0. The molecule has 2 N–H and O–H groups in total. The number of carbonyl (C=O) groups excluding carboxylic acids is 1. The monoisotopic (exact) mass is 448 g/mol. The lowest BCUT2D eigenvalue weighted by Crippen LogP contribution is -2.36. The highest BCUT2D eigenvalue weighted by molar-refractivity contribution is 7.91. The van der Waals surface area contributed by atoms with Crippen molar-refractivity contribution in [1.82, 2.24) is 14.9 Å². The number of nitrogens with one attached hydrogen (secondary N) is 2. The van der Waals surface area contributed by atoms with Gasteiger partial charge in [0.2, 0.25) is 9.47 Å². The highest BCUT2D eigenvalue weighted by Crippen LogP contribution is 2.21. The molecule has 0 fully saturated rings. The van der Waals surface area contributed by atoms with Gasteiger partial charge in [-0.1, -0.05) is 29.5 Å². The molecule has 11 heteroatoms. The number of carbonyl (C=O) groups is 1. The van der Waals surface area contributed by atoms with Gasteiger partial charge in [0, 0.05) is 5.56 Å². The Bertz CT molecular complexity index is 1090. The van der Waals surface area contributed by atoms with Crippen molar-refractivity contribution in [3.05, 3.63) is 60.2 Å². The summed E-state index contributed by atoms with van der Waals surface area (Å²) in [4.78, 5) is 12.1. The molecule has 0 aliphatic rings. The molecule has 1 heterocycles. The maximum atomic E-state index is 12.5. The number of aromatic nitrogens is 2. The average molecular weight is 449 g/mol. The normalized spacial score (nSPS) is 12.2. The minimum atomic E-state index is -3.91. The van der Waals surface area contributed by atoms with Crippen LogP contribution in [-0.2, 0) is 10.0 Å². The molecule has 0 spiro atoms. The Morgan fingerprint density at radius 2 is 1.73 bits per heavy atom. The molecule has 1 amide bonds. The van der Waals surface area contributed by atoms with E-state index in [1.807, 2.05) is 0 Å². The Kier molecular flexibility index (Phi) is 6.98. The first-order valence-corrected chi connectivity index (χ1v) is 11.2. The average Bonchev–Trinajstić information content (AvgIpc) is 3.22. The highest BCUT2D eigenvalue weighted by atomic mass is 32.2. The SMILES string of the molecule is COc1ccc(OC[C@H](C)NS(=O)(=O)c2nnc(NC(=O)c3ccccc3)s2)cc1. The minimum Gasteiger partial charge on any atom is -0.497 e. The number of benzene rings is 2. The van der Waals surface area contributed by atoms with Crippen LogP contribution in [0.25, 0.3) is 0 Å². The van der Waals surface area contributed by atoms with Gasteiger partial charge in [-0.3, -0.25) is 10.1 Å². The van der Waals surface area contributed by atoms with Crippen molar-refractivity contribution in [2.75, 3.05) is 19.0 Å². The number of hydrogen-bond donors (Lipinski definition) is 2. The summed E-state index contributed by atoms with van der Waals surface area (Å²) in [7, 11) is -2.34. The molecule has 9 nitrogen and oxygen atoms in total.